The van der Waals surface area contributed by atoms with Gasteiger partial charge in [-0.1, -0.05) is 29.8 Å². The normalized spacial score (nSPS) is 25.4. The lowest BCUT2D eigenvalue weighted by Crippen LogP contribution is -2.70. The molecule has 0 radical (unpaired) electrons. The number of fused-ring (bicyclic) bond motifs is 4. The van der Waals surface area contributed by atoms with Crippen LogP contribution in [-0.4, -0.2) is 24.8 Å². The van der Waals surface area contributed by atoms with Crippen LogP contribution in [0.3, 0.4) is 0 Å². The third kappa shape index (κ3) is 2.94. The van der Waals surface area contributed by atoms with Gasteiger partial charge in [-0.05, 0) is 31.2 Å². The molecule has 0 saturated carbocycles. The first-order valence-corrected chi connectivity index (χ1v) is 8.80. The van der Waals surface area contributed by atoms with Crippen LogP contribution in [0.2, 0.25) is 5.02 Å². The van der Waals surface area contributed by atoms with Crippen LogP contribution in [0.1, 0.15) is 18.5 Å². The summed E-state index contributed by atoms with van der Waals surface area (Å²) in [5, 5.41) is 8.93. The van der Waals surface area contributed by atoms with E-state index in [0.29, 0.717) is 27.8 Å². The number of urea groups is 1. The average Bonchev–Trinajstić information content (AvgIpc) is 2.60. The fraction of sp³-hybridized carbons (Fsp3) is 0.263. The van der Waals surface area contributed by atoms with Crippen molar-refractivity contribution in [2.45, 2.75) is 18.7 Å². The summed E-state index contributed by atoms with van der Waals surface area (Å²) in [6, 6.07) is 11.3. The first kappa shape index (κ1) is 17.5. The zero-order chi connectivity index (χ0) is 19.2. The number of hydrogen-bond acceptors (Lipinski definition) is 4. The van der Waals surface area contributed by atoms with E-state index in [-0.39, 0.29) is 5.91 Å². The van der Waals surface area contributed by atoms with Crippen molar-refractivity contribution >= 4 is 29.2 Å². The maximum atomic E-state index is 13.1. The second kappa shape index (κ2) is 6.35. The zero-order valence-corrected chi connectivity index (χ0v) is 15.5. The number of halogens is 1. The lowest BCUT2D eigenvalue weighted by Gasteiger charge is -2.49. The maximum Gasteiger partial charge on any atom is 0.318 e. The van der Waals surface area contributed by atoms with E-state index >= 15 is 0 Å². The smallest absolute Gasteiger partial charge is 0.318 e. The molecule has 4 rings (SSSR count). The topological polar surface area (TPSA) is 88.7 Å². The number of anilines is 1. The molecule has 2 aliphatic heterocycles. The minimum Gasteiger partial charge on any atom is -0.493 e. The fourth-order valence-electron chi connectivity index (χ4n) is 3.68. The molecule has 7 nitrogen and oxygen atoms in total. The van der Waals surface area contributed by atoms with Gasteiger partial charge < -0.3 is 20.1 Å². The minimum absolute atomic E-state index is 0.300. The Morgan fingerprint density at radius 3 is 2.81 bits per heavy atom. The Morgan fingerprint density at radius 2 is 2.07 bits per heavy atom. The number of hydrogen-bond donors (Lipinski definition) is 3. The first-order chi connectivity index (χ1) is 12.9. The SMILES string of the molecule is COc1cccc2c1O[C@]1(C)NC(=O)N[C@H]2[C@@H]1C(=O)Nc1cccc(Cl)c1. The van der Waals surface area contributed by atoms with Crippen LogP contribution >= 0.6 is 11.6 Å². The Bertz CT molecular complexity index is 935. The lowest BCUT2D eigenvalue weighted by atomic mass is 9.79. The number of ether oxygens (including phenoxy) is 2. The van der Waals surface area contributed by atoms with E-state index in [4.69, 9.17) is 21.1 Å². The quantitative estimate of drug-likeness (QED) is 0.755. The van der Waals surface area contributed by atoms with E-state index in [2.05, 4.69) is 16.0 Å². The molecule has 0 aliphatic carbocycles. The molecule has 2 aromatic rings. The molecule has 2 bridgehead atoms. The molecule has 0 unspecified atom stereocenters. The standard InChI is InChI=1S/C19H18ClN3O4/c1-19-14(17(24)21-11-6-3-5-10(20)9-11)15(22-18(25)23-19)12-7-4-8-13(26-2)16(12)27-19/h3-9,14-15H,1-2H3,(H,21,24)(H2,22,23,25)/t14-,15-,19+/m1/s1. The molecule has 0 aromatic heterocycles. The van der Waals surface area contributed by atoms with Crippen LogP contribution in [0.15, 0.2) is 42.5 Å². The highest BCUT2D eigenvalue weighted by Gasteiger charge is 2.56. The molecule has 3 N–H and O–H groups in total. The summed E-state index contributed by atoms with van der Waals surface area (Å²) in [5.41, 5.74) is 0.0157. The number of benzene rings is 2. The number of para-hydroxylation sites is 1. The van der Waals surface area contributed by atoms with Crippen molar-refractivity contribution < 1.29 is 19.1 Å². The molecule has 27 heavy (non-hydrogen) atoms. The van der Waals surface area contributed by atoms with Crippen molar-refractivity contribution in [3.8, 4) is 11.5 Å². The molecule has 2 heterocycles. The average molecular weight is 388 g/mol. The zero-order valence-electron chi connectivity index (χ0n) is 14.7. The summed E-state index contributed by atoms with van der Waals surface area (Å²) in [7, 11) is 1.54. The van der Waals surface area contributed by atoms with Crippen molar-refractivity contribution in [2.24, 2.45) is 5.92 Å². The van der Waals surface area contributed by atoms with Crippen molar-refractivity contribution in [3.63, 3.8) is 0 Å². The summed E-state index contributed by atoms with van der Waals surface area (Å²) in [4.78, 5) is 25.2. The Kier molecular flexibility index (Phi) is 4.11. The maximum absolute atomic E-state index is 13.1. The molecule has 8 heteroatoms. The van der Waals surface area contributed by atoms with Gasteiger partial charge in [-0.2, -0.15) is 0 Å². The highest BCUT2D eigenvalue weighted by Crippen LogP contribution is 2.48. The highest BCUT2D eigenvalue weighted by molar-refractivity contribution is 6.30. The van der Waals surface area contributed by atoms with Gasteiger partial charge in [0.15, 0.2) is 17.2 Å². The van der Waals surface area contributed by atoms with Crippen LogP contribution in [0, 0.1) is 5.92 Å². The predicted octanol–water partition coefficient (Wildman–Crippen LogP) is 3.07. The van der Waals surface area contributed by atoms with Crippen LogP contribution in [0.4, 0.5) is 10.5 Å². The molecular formula is C19H18ClN3O4. The van der Waals surface area contributed by atoms with Gasteiger partial charge in [0, 0.05) is 16.3 Å². The monoisotopic (exact) mass is 387 g/mol. The summed E-state index contributed by atoms with van der Waals surface area (Å²) < 4.78 is 11.5. The second-order valence-electron chi connectivity index (χ2n) is 6.64. The number of nitrogens with one attached hydrogen (secondary N) is 3. The van der Waals surface area contributed by atoms with Crippen LogP contribution in [0.5, 0.6) is 11.5 Å². The summed E-state index contributed by atoms with van der Waals surface area (Å²) in [5.74, 6) is 0.0294. The van der Waals surface area contributed by atoms with Gasteiger partial charge in [-0.15, -0.1) is 0 Å². The summed E-state index contributed by atoms with van der Waals surface area (Å²) in [6.07, 6.45) is 0. The second-order valence-corrected chi connectivity index (χ2v) is 7.08. The molecule has 3 atom stereocenters. The Morgan fingerprint density at radius 1 is 1.30 bits per heavy atom. The largest absolute Gasteiger partial charge is 0.493 e. The van der Waals surface area contributed by atoms with Crippen molar-refractivity contribution in [1.82, 2.24) is 10.6 Å². The number of carbonyl (C=O) groups is 2. The minimum atomic E-state index is -1.24. The first-order valence-electron chi connectivity index (χ1n) is 8.42. The van der Waals surface area contributed by atoms with Crippen molar-refractivity contribution in [1.29, 1.82) is 0 Å². The van der Waals surface area contributed by atoms with Gasteiger partial charge >= 0.3 is 6.03 Å². The number of amides is 3. The third-order valence-corrected chi connectivity index (χ3v) is 5.06. The van der Waals surface area contributed by atoms with Gasteiger partial charge in [-0.3, -0.25) is 10.1 Å². The summed E-state index contributed by atoms with van der Waals surface area (Å²) in [6.45, 7) is 1.68. The summed E-state index contributed by atoms with van der Waals surface area (Å²) >= 11 is 6.00. The Balaban J connectivity index is 1.74. The molecule has 0 spiro atoms. The molecular weight excluding hydrogens is 370 g/mol. The molecule has 1 fully saturated rings. The van der Waals surface area contributed by atoms with E-state index < -0.39 is 23.7 Å². The predicted molar refractivity (Wildman–Crippen MR) is 100 cm³/mol. The van der Waals surface area contributed by atoms with Crippen LogP contribution in [0.25, 0.3) is 0 Å². The molecule has 2 aliphatic rings. The van der Waals surface area contributed by atoms with E-state index in [1.54, 1.807) is 50.4 Å². The highest BCUT2D eigenvalue weighted by atomic mass is 35.5. The number of methoxy groups -OCH3 is 1. The van der Waals surface area contributed by atoms with E-state index in [0.717, 1.165) is 0 Å². The van der Waals surface area contributed by atoms with Gasteiger partial charge in [0.1, 0.15) is 5.92 Å². The van der Waals surface area contributed by atoms with E-state index in [1.807, 2.05) is 6.07 Å². The molecule has 3 amide bonds. The van der Waals surface area contributed by atoms with Crippen molar-refractivity contribution in [2.75, 3.05) is 12.4 Å². The van der Waals surface area contributed by atoms with E-state index in [1.165, 1.54) is 0 Å². The van der Waals surface area contributed by atoms with Crippen molar-refractivity contribution in [3.05, 3.63) is 53.1 Å². The fourth-order valence-corrected chi connectivity index (χ4v) is 3.87. The van der Waals surface area contributed by atoms with Gasteiger partial charge in [-0.25, -0.2) is 4.79 Å². The molecule has 1 saturated heterocycles. The Hall–Kier alpha value is -2.93. The third-order valence-electron chi connectivity index (χ3n) is 4.83. The number of carbonyl (C=O) groups excluding carboxylic acids is 2. The molecule has 140 valence electrons. The van der Waals surface area contributed by atoms with Gasteiger partial charge in [0.25, 0.3) is 0 Å². The van der Waals surface area contributed by atoms with Crippen LogP contribution in [-0.2, 0) is 4.79 Å². The molecule has 2 aromatic carbocycles. The Labute approximate surface area is 161 Å². The lowest BCUT2D eigenvalue weighted by molar-refractivity contribution is -0.133. The van der Waals surface area contributed by atoms with Gasteiger partial charge in [0.05, 0.1) is 13.2 Å². The van der Waals surface area contributed by atoms with Gasteiger partial charge in [0.2, 0.25) is 5.91 Å². The van der Waals surface area contributed by atoms with Crippen LogP contribution < -0.4 is 25.4 Å². The number of rotatable bonds is 3. The van der Waals surface area contributed by atoms with E-state index in [9.17, 15) is 9.59 Å².